The summed E-state index contributed by atoms with van der Waals surface area (Å²) >= 11 is 0. The molecular weight excluding hydrogens is 388 g/mol. The van der Waals surface area contributed by atoms with Gasteiger partial charge in [-0.1, -0.05) is 51.5 Å². The van der Waals surface area contributed by atoms with Gasteiger partial charge in [0.2, 0.25) is 0 Å². The topological polar surface area (TPSA) is 52.6 Å². The molecule has 4 bridgehead atoms. The Hall–Kier alpha value is -1.58. The van der Waals surface area contributed by atoms with Crippen LogP contribution in [0.25, 0.3) is 0 Å². The van der Waals surface area contributed by atoms with Crippen LogP contribution < -0.4 is 0 Å². The van der Waals surface area contributed by atoms with Crippen LogP contribution in [0.4, 0.5) is 0 Å². The Morgan fingerprint density at radius 3 is 2.45 bits per heavy atom. The number of hydrogen-bond donors (Lipinski definition) is 0. The second-order valence-electron chi connectivity index (χ2n) is 12.3. The van der Waals surface area contributed by atoms with E-state index in [0.29, 0.717) is 17.8 Å². The van der Waals surface area contributed by atoms with Gasteiger partial charge in [-0.3, -0.25) is 4.79 Å². The first-order valence-corrected chi connectivity index (χ1v) is 12.2. The van der Waals surface area contributed by atoms with Crippen LogP contribution in [0.2, 0.25) is 0 Å². The molecule has 5 unspecified atom stereocenters. The van der Waals surface area contributed by atoms with Gasteiger partial charge in [0.05, 0.1) is 5.92 Å². The number of carbonyl (C=O) groups excluding carboxylic acids is 2. The summed E-state index contributed by atoms with van der Waals surface area (Å²) in [6.45, 7) is 12.9. The lowest BCUT2D eigenvalue weighted by molar-refractivity contribution is -0.181. The molecule has 0 aromatic carbocycles. The number of allylic oxidation sites excluding steroid dienone is 3. The average molecular weight is 429 g/mol. The van der Waals surface area contributed by atoms with Crippen molar-refractivity contribution in [3.63, 3.8) is 0 Å². The molecule has 0 heterocycles. The molecule has 172 valence electrons. The van der Waals surface area contributed by atoms with E-state index in [0.717, 1.165) is 38.0 Å². The van der Waals surface area contributed by atoms with Gasteiger partial charge in [-0.25, -0.2) is 4.79 Å². The average Bonchev–Trinajstić information content (AvgIpc) is 3.12. The van der Waals surface area contributed by atoms with Crippen molar-refractivity contribution in [2.75, 3.05) is 6.61 Å². The van der Waals surface area contributed by atoms with Crippen molar-refractivity contribution in [3.8, 4) is 0 Å². The van der Waals surface area contributed by atoms with Crippen molar-refractivity contribution in [2.45, 2.75) is 85.7 Å². The highest BCUT2D eigenvalue weighted by atomic mass is 16.6. The summed E-state index contributed by atoms with van der Waals surface area (Å²) in [4.78, 5) is 25.1. The smallest absolute Gasteiger partial charge is 0.344 e. The van der Waals surface area contributed by atoms with Crippen LogP contribution in [-0.4, -0.2) is 24.1 Å². The van der Waals surface area contributed by atoms with Crippen molar-refractivity contribution in [3.05, 3.63) is 23.8 Å². The molecule has 0 spiro atoms. The van der Waals surface area contributed by atoms with Crippen molar-refractivity contribution in [1.29, 1.82) is 0 Å². The normalized spacial score (nSPS) is 35.1. The van der Waals surface area contributed by atoms with E-state index < -0.39 is 11.6 Å². The Labute approximate surface area is 187 Å². The molecule has 0 aliphatic heterocycles. The van der Waals surface area contributed by atoms with E-state index in [1.807, 2.05) is 19.9 Å². The van der Waals surface area contributed by atoms with E-state index in [1.54, 1.807) is 5.57 Å². The van der Waals surface area contributed by atoms with Crippen LogP contribution in [0.1, 0.15) is 80.1 Å². The van der Waals surface area contributed by atoms with Gasteiger partial charge in [0.25, 0.3) is 0 Å². The van der Waals surface area contributed by atoms with Crippen LogP contribution in [0.15, 0.2) is 23.8 Å². The van der Waals surface area contributed by atoms with Crippen molar-refractivity contribution < 1.29 is 19.1 Å². The summed E-state index contributed by atoms with van der Waals surface area (Å²) in [6.07, 6.45) is 12.9. The third kappa shape index (κ3) is 4.24. The van der Waals surface area contributed by atoms with E-state index in [4.69, 9.17) is 9.47 Å². The van der Waals surface area contributed by atoms with Crippen LogP contribution >= 0.6 is 0 Å². The Kier molecular flexibility index (Phi) is 5.67. The second kappa shape index (κ2) is 7.78. The zero-order chi connectivity index (χ0) is 22.6. The van der Waals surface area contributed by atoms with E-state index in [9.17, 15) is 9.59 Å². The molecule has 0 aromatic heterocycles. The fraction of sp³-hybridized carbons (Fsp3) is 0.778. The van der Waals surface area contributed by atoms with E-state index >= 15 is 0 Å². The molecule has 5 aliphatic carbocycles. The molecule has 5 rings (SSSR count). The van der Waals surface area contributed by atoms with E-state index in [1.165, 1.54) is 6.42 Å². The van der Waals surface area contributed by atoms with Gasteiger partial charge in [0.15, 0.2) is 6.61 Å². The van der Waals surface area contributed by atoms with Crippen LogP contribution in [0, 0.1) is 40.4 Å². The van der Waals surface area contributed by atoms with Gasteiger partial charge < -0.3 is 9.47 Å². The monoisotopic (exact) mass is 428 g/mol. The minimum Gasteiger partial charge on any atom is -0.457 e. The van der Waals surface area contributed by atoms with Gasteiger partial charge in [-0.2, -0.15) is 0 Å². The molecule has 0 radical (unpaired) electrons. The molecule has 0 amide bonds. The fourth-order valence-electron chi connectivity index (χ4n) is 6.65. The molecule has 0 aromatic rings. The zero-order valence-corrected chi connectivity index (χ0v) is 20.2. The number of hydrogen-bond acceptors (Lipinski definition) is 4. The molecule has 0 N–H and O–H groups in total. The zero-order valence-electron chi connectivity index (χ0n) is 20.2. The highest BCUT2D eigenvalue weighted by Crippen LogP contribution is 2.65. The second-order valence-corrected chi connectivity index (χ2v) is 12.3. The minimum absolute atomic E-state index is 0.0508. The van der Waals surface area contributed by atoms with Crippen molar-refractivity contribution in [2.24, 2.45) is 40.4 Å². The molecular formula is C27H40O4. The summed E-state index contributed by atoms with van der Waals surface area (Å²) < 4.78 is 11.3. The van der Waals surface area contributed by atoms with Crippen molar-refractivity contribution in [1.82, 2.24) is 0 Å². The summed E-state index contributed by atoms with van der Waals surface area (Å²) in [7, 11) is 0. The van der Waals surface area contributed by atoms with Crippen LogP contribution in [-0.2, 0) is 19.1 Å². The minimum atomic E-state index is -0.537. The Morgan fingerprint density at radius 1 is 1.13 bits per heavy atom. The van der Waals surface area contributed by atoms with Gasteiger partial charge in [-0.05, 0) is 81.5 Å². The predicted molar refractivity (Wildman–Crippen MR) is 121 cm³/mol. The molecule has 31 heavy (non-hydrogen) atoms. The Morgan fingerprint density at radius 2 is 1.87 bits per heavy atom. The Bertz CT molecular complexity index is 799. The predicted octanol–water partition coefficient (Wildman–Crippen LogP) is 5.86. The van der Waals surface area contributed by atoms with Crippen LogP contribution in [0.5, 0.6) is 0 Å². The lowest BCUT2D eigenvalue weighted by Crippen LogP contribution is -2.48. The first-order chi connectivity index (χ1) is 14.4. The molecule has 2 fully saturated rings. The van der Waals surface area contributed by atoms with Gasteiger partial charge >= 0.3 is 11.9 Å². The van der Waals surface area contributed by atoms with Crippen molar-refractivity contribution >= 4 is 11.9 Å². The Balaban J connectivity index is 1.27. The number of carbonyl (C=O) groups is 2. The number of ether oxygens (including phenoxy) is 2. The SMILES string of the molecule is CC(C1C=C[C@@H](C(=O)OCC(=O)OC(C)(C)C23CC4=CC(C2)C(C4)C3)CC1)C(C)(C)C. The first kappa shape index (κ1) is 22.6. The summed E-state index contributed by atoms with van der Waals surface area (Å²) in [5.74, 6) is 1.45. The van der Waals surface area contributed by atoms with Gasteiger partial charge in [0, 0.05) is 5.41 Å². The summed E-state index contributed by atoms with van der Waals surface area (Å²) in [5.41, 5.74) is 1.30. The lowest BCUT2D eigenvalue weighted by Gasteiger charge is -2.47. The number of esters is 2. The number of rotatable bonds is 6. The first-order valence-electron chi connectivity index (χ1n) is 12.2. The third-order valence-corrected chi connectivity index (χ3v) is 9.12. The largest absolute Gasteiger partial charge is 0.457 e. The molecule has 5 aliphatic rings. The molecule has 2 saturated carbocycles. The lowest BCUT2D eigenvalue weighted by atomic mass is 9.64. The standard InChI is InChI=1S/C27H40O4/c1-17(25(2,3)4)19-7-9-20(10-8-19)24(29)30-16-23(28)31-26(5,6)27-13-18-11-21(14-27)22(12-18)15-27/h7,9,11,17,19-22H,8,10,12-16H2,1-6H3/t17?,19?,20-,21?,22?,27?/m1/s1. The molecule has 4 nitrogen and oxygen atoms in total. The molecule has 6 atom stereocenters. The third-order valence-electron chi connectivity index (χ3n) is 9.12. The summed E-state index contributed by atoms with van der Waals surface area (Å²) in [6, 6.07) is 0. The maximum Gasteiger partial charge on any atom is 0.344 e. The maximum absolute atomic E-state index is 12.6. The van der Waals surface area contributed by atoms with E-state index in [2.05, 4.69) is 39.8 Å². The summed E-state index contributed by atoms with van der Waals surface area (Å²) in [5, 5.41) is 0. The van der Waals surface area contributed by atoms with Gasteiger partial charge in [0.1, 0.15) is 5.60 Å². The van der Waals surface area contributed by atoms with Crippen LogP contribution in [0.3, 0.4) is 0 Å². The fourth-order valence-corrected chi connectivity index (χ4v) is 6.65. The van der Waals surface area contributed by atoms with Gasteiger partial charge in [-0.15, -0.1) is 0 Å². The maximum atomic E-state index is 12.6. The highest BCUT2D eigenvalue weighted by molar-refractivity contribution is 5.79. The highest BCUT2D eigenvalue weighted by Gasteiger charge is 2.60. The molecule has 4 heteroatoms. The molecule has 0 saturated heterocycles. The quantitative estimate of drug-likeness (QED) is 0.393. The van der Waals surface area contributed by atoms with E-state index in [-0.39, 0.29) is 29.3 Å².